The summed E-state index contributed by atoms with van der Waals surface area (Å²) in [6, 6.07) is 10.9. The second kappa shape index (κ2) is 3.60. The molecule has 0 N–H and O–H groups in total. The topological polar surface area (TPSA) is 17.1 Å². The Kier molecular flexibility index (Phi) is 2.44. The number of hydrogen-bond acceptors (Lipinski definition) is 1. The Morgan fingerprint density at radius 3 is 2.57 bits per heavy atom. The molecule has 0 radical (unpaired) electrons. The summed E-state index contributed by atoms with van der Waals surface area (Å²) in [4.78, 5) is 11.1. The van der Waals surface area contributed by atoms with Crippen LogP contribution < -0.4 is 0 Å². The van der Waals surface area contributed by atoms with Gasteiger partial charge in [0.1, 0.15) is 0 Å². The van der Waals surface area contributed by atoms with Gasteiger partial charge in [0.25, 0.3) is 5.24 Å². The molecule has 0 spiro atoms. The highest BCUT2D eigenvalue weighted by atomic mass is 35.5. The highest BCUT2D eigenvalue weighted by molar-refractivity contribution is 6.68. The van der Waals surface area contributed by atoms with E-state index in [1.807, 2.05) is 24.3 Å². The Morgan fingerprint density at radius 2 is 1.86 bits per heavy atom. The van der Waals surface area contributed by atoms with Crippen LogP contribution in [0.4, 0.5) is 0 Å². The molecule has 2 aromatic carbocycles. The Morgan fingerprint density at radius 1 is 1.14 bits per heavy atom. The van der Waals surface area contributed by atoms with Gasteiger partial charge in [-0.3, -0.25) is 4.79 Å². The molecule has 0 fully saturated rings. The number of rotatable bonds is 1. The van der Waals surface area contributed by atoms with E-state index in [-0.39, 0.29) is 0 Å². The van der Waals surface area contributed by atoms with Gasteiger partial charge in [-0.2, -0.15) is 0 Å². The van der Waals surface area contributed by atoms with Gasteiger partial charge in [0.15, 0.2) is 0 Å². The van der Waals surface area contributed by atoms with Crippen molar-refractivity contribution in [2.24, 2.45) is 0 Å². The molecule has 0 aromatic heterocycles. The average molecular weight is 225 g/mol. The molecule has 0 aliphatic rings. The van der Waals surface area contributed by atoms with Gasteiger partial charge in [0.05, 0.1) is 0 Å². The van der Waals surface area contributed by atoms with Crippen molar-refractivity contribution in [3.8, 4) is 0 Å². The Bertz CT molecular complexity index is 506. The van der Waals surface area contributed by atoms with Crippen LogP contribution in [0.2, 0.25) is 5.02 Å². The van der Waals surface area contributed by atoms with Crippen molar-refractivity contribution >= 4 is 39.2 Å². The van der Waals surface area contributed by atoms with Crippen LogP contribution in [-0.4, -0.2) is 5.24 Å². The van der Waals surface area contributed by atoms with E-state index >= 15 is 0 Å². The Hall–Kier alpha value is -1.05. The van der Waals surface area contributed by atoms with Crippen LogP contribution in [0.1, 0.15) is 10.4 Å². The molecule has 0 atom stereocenters. The normalized spacial score (nSPS) is 10.4. The largest absolute Gasteiger partial charge is 0.276 e. The van der Waals surface area contributed by atoms with Crippen LogP contribution in [0.5, 0.6) is 0 Å². The zero-order chi connectivity index (χ0) is 10.1. The van der Waals surface area contributed by atoms with E-state index in [0.29, 0.717) is 10.6 Å². The van der Waals surface area contributed by atoms with Crippen LogP contribution in [0.3, 0.4) is 0 Å². The van der Waals surface area contributed by atoms with Crippen LogP contribution in [-0.2, 0) is 0 Å². The molecule has 3 heteroatoms. The molecule has 2 rings (SSSR count). The molecule has 14 heavy (non-hydrogen) atoms. The SMILES string of the molecule is O=C(Cl)c1cc(Cl)cc2ccccc12. The monoisotopic (exact) mass is 224 g/mol. The first-order valence-corrected chi connectivity index (χ1v) is 4.82. The van der Waals surface area contributed by atoms with Gasteiger partial charge in [-0.15, -0.1) is 0 Å². The summed E-state index contributed by atoms with van der Waals surface area (Å²) in [7, 11) is 0. The summed E-state index contributed by atoms with van der Waals surface area (Å²) in [5.74, 6) is 0. The van der Waals surface area contributed by atoms with E-state index < -0.39 is 5.24 Å². The first-order chi connectivity index (χ1) is 6.68. The van der Waals surface area contributed by atoms with E-state index in [0.717, 1.165) is 10.8 Å². The molecule has 0 saturated heterocycles. The van der Waals surface area contributed by atoms with E-state index in [4.69, 9.17) is 23.2 Å². The molecule has 0 amide bonds. The van der Waals surface area contributed by atoms with E-state index in [9.17, 15) is 4.79 Å². The first-order valence-electron chi connectivity index (χ1n) is 4.06. The summed E-state index contributed by atoms with van der Waals surface area (Å²) in [6.45, 7) is 0. The van der Waals surface area contributed by atoms with Crippen molar-refractivity contribution in [2.45, 2.75) is 0 Å². The summed E-state index contributed by atoms with van der Waals surface area (Å²) in [6.07, 6.45) is 0. The quantitative estimate of drug-likeness (QED) is 0.673. The van der Waals surface area contributed by atoms with Crippen molar-refractivity contribution in [3.63, 3.8) is 0 Å². The molecule has 1 nitrogen and oxygen atoms in total. The number of benzene rings is 2. The molecule has 0 unspecified atom stereocenters. The van der Waals surface area contributed by atoms with Crippen LogP contribution >= 0.6 is 23.2 Å². The number of carbonyl (C=O) groups excluding carboxylic acids is 1. The Balaban J connectivity index is 2.87. The van der Waals surface area contributed by atoms with Gasteiger partial charge in [0, 0.05) is 10.6 Å². The molecule has 0 aliphatic heterocycles. The minimum absolute atomic E-state index is 0.453. The third kappa shape index (κ3) is 1.61. The lowest BCUT2D eigenvalue weighted by atomic mass is 10.1. The van der Waals surface area contributed by atoms with Crippen LogP contribution in [0, 0.1) is 0 Å². The lowest BCUT2D eigenvalue weighted by molar-refractivity contribution is 0.108. The second-order valence-electron chi connectivity index (χ2n) is 2.95. The molecular formula is C11H6Cl2O. The number of fused-ring (bicyclic) bond motifs is 1. The van der Waals surface area contributed by atoms with E-state index in [2.05, 4.69) is 0 Å². The fourth-order valence-corrected chi connectivity index (χ4v) is 1.82. The van der Waals surface area contributed by atoms with Gasteiger partial charge in [0.2, 0.25) is 0 Å². The summed E-state index contributed by atoms with van der Waals surface area (Å²) in [5, 5.41) is 1.79. The van der Waals surface area contributed by atoms with Crippen LogP contribution in [0.15, 0.2) is 36.4 Å². The lowest BCUT2D eigenvalue weighted by Gasteiger charge is -2.02. The molecule has 0 aliphatic carbocycles. The maximum absolute atomic E-state index is 11.1. The number of carbonyl (C=O) groups is 1. The predicted octanol–water partition coefficient (Wildman–Crippen LogP) is 3.87. The van der Waals surface area contributed by atoms with E-state index in [1.54, 1.807) is 12.1 Å². The predicted molar refractivity (Wildman–Crippen MR) is 59.1 cm³/mol. The standard InChI is InChI=1S/C11H6Cl2O/c12-8-5-7-3-1-2-4-9(7)10(6-8)11(13)14/h1-6H. The van der Waals surface area contributed by atoms with Crippen LogP contribution in [0.25, 0.3) is 10.8 Å². The smallest absolute Gasteiger partial charge is 0.253 e. The third-order valence-electron chi connectivity index (χ3n) is 2.04. The zero-order valence-corrected chi connectivity index (χ0v) is 8.64. The molecule has 0 bridgehead atoms. The van der Waals surface area contributed by atoms with Crippen molar-refractivity contribution < 1.29 is 4.79 Å². The fraction of sp³-hybridized carbons (Fsp3) is 0. The molecule has 0 heterocycles. The maximum atomic E-state index is 11.1. The number of hydrogen-bond donors (Lipinski definition) is 0. The highest BCUT2D eigenvalue weighted by Gasteiger charge is 2.08. The van der Waals surface area contributed by atoms with Crippen molar-refractivity contribution in [3.05, 3.63) is 47.0 Å². The van der Waals surface area contributed by atoms with Crippen molar-refractivity contribution in [2.75, 3.05) is 0 Å². The zero-order valence-electron chi connectivity index (χ0n) is 7.13. The maximum Gasteiger partial charge on any atom is 0.253 e. The lowest BCUT2D eigenvalue weighted by Crippen LogP contribution is -1.90. The minimum atomic E-state index is -0.483. The molecule has 70 valence electrons. The fourth-order valence-electron chi connectivity index (χ4n) is 1.44. The first kappa shape index (κ1) is 9.50. The molecular weight excluding hydrogens is 219 g/mol. The van der Waals surface area contributed by atoms with E-state index in [1.165, 1.54) is 0 Å². The molecule has 2 aromatic rings. The average Bonchev–Trinajstić information content (AvgIpc) is 2.16. The second-order valence-corrected chi connectivity index (χ2v) is 3.73. The van der Waals surface area contributed by atoms with Crippen molar-refractivity contribution in [1.82, 2.24) is 0 Å². The van der Waals surface area contributed by atoms with Gasteiger partial charge >= 0.3 is 0 Å². The summed E-state index contributed by atoms with van der Waals surface area (Å²) >= 11 is 11.3. The highest BCUT2D eigenvalue weighted by Crippen LogP contribution is 2.24. The third-order valence-corrected chi connectivity index (χ3v) is 2.46. The van der Waals surface area contributed by atoms with Crippen molar-refractivity contribution in [1.29, 1.82) is 0 Å². The summed E-state index contributed by atoms with van der Waals surface area (Å²) < 4.78 is 0. The van der Waals surface area contributed by atoms with Gasteiger partial charge < -0.3 is 0 Å². The summed E-state index contributed by atoms with van der Waals surface area (Å²) in [5.41, 5.74) is 0.453. The van der Waals surface area contributed by atoms with Gasteiger partial charge in [-0.1, -0.05) is 35.9 Å². The van der Waals surface area contributed by atoms with Gasteiger partial charge in [-0.25, -0.2) is 0 Å². The van der Waals surface area contributed by atoms with Gasteiger partial charge in [-0.05, 0) is 34.5 Å². The molecule has 0 saturated carbocycles. The Labute approximate surface area is 91.2 Å². The minimum Gasteiger partial charge on any atom is -0.276 e. The number of halogens is 2.